The molecule has 2 heterocycles. The largest absolute Gasteiger partial charge is 0.356 e. The van der Waals surface area contributed by atoms with Crippen LogP contribution in [-0.4, -0.2) is 42.6 Å². The van der Waals surface area contributed by atoms with Crippen LogP contribution in [0.15, 0.2) is 18.2 Å². The van der Waals surface area contributed by atoms with E-state index in [1.54, 1.807) is 6.07 Å². The van der Waals surface area contributed by atoms with Crippen molar-refractivity contribution in [1.29, 1.82) is 5.26 Å². The fourth-order valence-corrected chi connectivity index (χ4v) is 2.93. The monoisotopic (exact) mass is 258 g/mol. The van der Waals surface area contributed by atoms with Gasteiger partial charge in [0.2, 0.25) is 0 Å². The molecule has 0 spiro atoms. The fourth-order valence-electron chi connectivity index (χ4n) is 2.93. The molecule has 1 aromatic rings. The van der Waals surface area contributed by atoms with Crippen LogP contribution in [0.5, 0.6) is 0 Å². The first-order valence-electron chi connectivity index (χ1n) is 6.98. The Morgan fingerprint density at radius 2 is 2.32 bits per heavy atom. The molecule has 1 aromatic heterocycles. The summed E-state index contributed by atoms with van der Waals surface area (Å²) in [5.41, 5.74) is 0.489. The van der Waals surface area contributed by atoms with E-state index < -0.39 is 0 Å². The van der Waals surface area contributed by atoms with E-state index in [0.717, 1.165) is 31.9 Å². The average molecular weight is 258 g/mol. The van der Waals surface area contributed by atoms with Gasteiger partial charge in [-0.1, -0.05) is 19.9 Å². The van der Waals surface area contributed by atoms with Crippen molar-refractivity contribution >= 4 is 5.82 Å². The summed E-state index contributed by atoms with van der Waals surface area (Å²) in [6.45, 7) is 7.94. The van der Waals surface area contributed by atoms with Gasteiger partial charge >= 0.3 is 0 Å². The summed E-state index contributed by atoms with van der Waals surface area (Å²) in [5.74, 6) is 1.52. The van der Waals surface area contributed by atoms with Crippen molar-refractivity contribution < 1.29 is 0 Å². The van der Waals surface area contributed by atoms with Crippen LogP contribution in [0.2, 0.25) is 0 Å². The predicted octanol–water partition coefficient (Wildman–Crippen LogP) is 2.12. The summed E-state index contributed by atoms with van der Waals surface area (Å²) in [6, 6.07) is 8.25. The number of nitrogens with zero attached hydrogens (tertiary/aromatic N) is 4. The van der Waals surface area contributed by atoms with E-state index >= 15 is 0 Å². The number of hydrogen-bond acceptors (Lipinski definition) is 4. The lowest BCUT2D eigenvalue weighted by Crippen LogP contribution is -2.49. The molecule has 0 N–H and O–H groups in total. The molecule has 0 radical (unpaired) electrons. The molecule has 0 saturated carbocycles. The minimum Gasteiger partial charge on any atom is -0.356 e. The molecule has 4 heteroatoms. The Kier molecular flexibility index (Phi) is 4.39. The van der Waals surface area contributed by atoms with Gasteiger partial charge in [0.25, 0.3) is 0 Å². The summed E-state index contributed by atoms with van der Waals surface area (Å²) >= 11 is 0. The van der Waals surface area contributed by atoms with Gasteiger partial charge in [-0.3, -0.25) is 0 Å². The number of likely N-dealkylation sites (tertiary alicyclic amines) is 1. The quantitative estimate of drug-likeness (QED) is 0.833. The second-order valence-electron chi connectivity index (χ2n) is 5.33. The van der Waals surface area contributed by atoms with Crippen molar-refractivity contribution in [3.8, 4) is 6.07 Å². The first-order valence-corrected chi connectivity index (χ1v) is 6.98. The molecule has 2 rings (SSSR count). The van der Waals surface area contributed by atoms with Crippen LogP contribution in [-0.2, 0) is 0 Å². The molecule has 0 aromatic carbocycles. The van der Waals surface area contributed by atoms with Crippen LogP contribution >= 0.6 is 0 Å². The third-order valence-electron chi connectivity index (χ3n) is 4.10. The maximum absolute atomic E-state index is 8.94. The Morgan fingerprint density at radius 1 is 1.53 bits per heavy atom. The smallest absolute Gasteiger partial charge is 0.142 e. The van der Waals surface area contributed by atoms with E-state index in [-0.39, 0.29) is 0 Å². The molecular formula is C15H22N4. The van der Waals surface area contributed by atoms with Crippen LogP contribution in [0.4, 0.5) is 5.82 Å². The minimum absolute atomic E-state index is 0.489. The first-order chi connectivity index (χ1) is 9.15. The van der Waals surface area contributed by atoms with Crippen molar-refractivity contribution in [2.45, 2.75) is 26.3 Å². The van der Waals surface area contributed by atoms with Crippen molar-refractivity contribution in [3.63, 3.8) is 0 Å². The molecule has 1 fully saturated rings. The first kappa shape index (κ1) is 13.8. The summed E-state index contributed by atoms with van der Waals surface area (Å²) < 4.78 is 0. The van der Waals surface area contributed by atoms with Crippen LogP contribution < -0.4 is 4.90 Å². The van der Waals surface area contributed by atoms with Crippen LogP contribution in [0.1, 0.15) is 26.0 Å². The normalized spacial score (nSPS) is 23.9. The molecule has 1 saturated heterocycles. The zero-order chi connectivity index (χ0) is 13.8. The molecule has 0 aliphatic carbocycles. The average Bonchev–Trinajstić information content (AvgIpc) is 2.46. The Bertz CT molecular complexity index is 465. The van der Waals surface area contributed by atoms with Crippen molar-refractivity contribution in [3.05, 3.63) is 23.9 Å². The van der Waals surface area contributed by atoms with Gasteiger partial charge in [0.05, 0.1) is 0 Å². The molecule has 1 aliphatic rings. The summed E-state index contributed by atoms with van der Waals surface area (Å²) in [4.78, 5) is 9.12. The molecule has 0 amide bonds. The topological polar surface area (TPSA) is 43.2 Å². The van der Waals surface area contributed by atoms with E-state index in [4.69, 9.17) is 5.26 Å². The standard InChI is InChI=1S/C15H22N4/c1-4-19-9-8-14(12(2)11-19)18(3)15-7-5-6-13(10-16)17-15/h5-7,12,14H,4,8-9,11H2,1-3H3. The zero-order valence-corrected chi connectivity index (χ0v) is 12.0. The van der Waals surface area contributed by atoms with Crippen LogP contribution in [0.25, 0.3) is 0 Å². The zero-order valence-electron chi connectivity index (χ0n) is 12.0. The van der Waals surface area contributed by atoms with Crippen molar-refractivity contribution in [1.82, 2.24) is 9.88 Å². The predicted molar refractivity (Wildman–Crippen MR) is 77.0 cm³/mol. The molecule has 102 valence electrons. The molecule has 4 nitrogen and oxygen atoms in total. The van der Waals surface area contributed by atoms with Gasteiger partial charge in [-0.05, 0) is 31.0 Å². The molecule has 19 heavy (non-hydrogen) atoms. The Morgan fingerprint density at radius 3 is 2.95 bits per heavy atom. The number of pyridine rings is 1. The maximum atomic E-state index is 8.94. The van der Waals surface area contributed by atoms with Crippen LogP contribution in [0, 0.1) is 17.2 Å². The highest BCUT2D eigenvalue weighted by Gasteiger charge is 2.28. The summed E-state index contributed by atoms with van der Waals surface area (Å²) in [5, 5.41) is 8.94. The van der Waals surface area contributed by atoms with Gasteiger partial charge < -0.3 is 9.80 Å². The molecule has 1 aliphatic heterocycles. The highest BCUT2D eigenvalue weighted by atomic mass is 15.2. The van der Waals surface area contributed by atoms with Crippen LogP contribution in [0.3, 0.4) is 0 Å². The number of piperidine rings is 1. The lowest BCUT2D eigenvalue weighted by molar-refractivity contribution is 0.169. The highest BCUT2D eigenvalue weighted by molar-refractivity contribution is 5.42. The number of nitriles is 1. The fraction of sp³-hybridized carbons (Fsp3) is 0.600. The number of aromatic nitrogens is 1. The third kappa shape index (κ3) is 3.05. The number of hydrogen-bond donors (Lipinski definition) is 0. The van der Waals surface area contributed by atoms with E-state index in [1.165, 1.54) is 0 Å². The van der Waals surface area contributed by atoms with E-state index in [2.05, 4.69) is 41.7 Å². The van der Waals surface area contributed by atoms with Gasteiger partial charge in [0.15, 0.2) is 0 Å². The van der Waals surface area contributed by atoms with Gasteiger partial charge in [-0.15, -0.1) is 0 Å². The van der Waals surface area contributed by atoms with Crippen molar-refractivity contribution in [2.75, 3.05) is 31.6 Å². The SMILES string of the molecule is CCN1CCC(N(C)c2cccc(C#N)n2)C(C)C1. The number of anilines is 1. The highest BCUT2D eigenvalue weighted by Crippen LogP contribution is 2.24. The van der Waals surface area contributed by atoms with Gasteiger partial charge in [-0.2, -0.15) is 5.26 Å². The van der Waals surface area contributed by atoms with E-state index in [0.29, 0.717) is 17.7 Å². The maximum Gasteiger partial charge on any atom is 0.142 e. The Hall–Kier alpha value is -1.60. The van der Waals surface area contributed by atoms with Crippen molar-refractivity contribution in [2.24, 2.45) is 5.92 Å². The molecule has 0 bridgehead atoms. The Balaban J connectivity index is 2.11. The van der Waals surface area contributed by atoms with E-state index in [9.17, 15) is 0 Å². The lowest BCUT2D eigenvalue weighted by Gasteiger charge is -2.41. The molecule has 2 atom stereocenters. The van der Waals surface area contributed by atoms with Gasteiger partial charge in [0, 0.05) is 26.2 Å². The third-order valence-corrected chi connectivity index (χ3v) is 4.10. The molecule has 2 unspecified atom stereocenters. The number of rotatable bonds is 3. The van der Waals surface area contributed by atoms with Gasteiger partial charge in [-0.25, -0.2) is 4.98 Å². The molecular weight excluding hydrogens is 236 g/mol. The Labute approximate surface area is 115 Å². The second-order valence-corrected chi connectivity index (χ2v) is 5.33. The van der Waals surface area contributed by atoms with Gasteiger partial charge in [0.1, 0.15) is 17.6 Å². The lowest BCUT2D eigenvalue weighted by atomic mass is 9.92. The minimum atomic E-state index is 0.489. The summed E-state index contributed by atoms with van der Waals surface area (Å²) in [7, 11) is 2.09. The second kappa shape index (κ2) is 6.03. The summed E-state index contributed by atoms with van der Waals surface area (Å²) in [6.07, 6.45) is 1.16. The van der Waals surface area contributed by atoms with E-state index in [1.807, 2.05) is 12.1 Å².